The first kappa shape index (κ1) is 17.0. The summed E-state index contributed by atoms with van der Waals surface area (Å²) in [7, 11) is 5.79. The topological polar surface area (TPSA) is 123 Å². The van der Waals surface area contributed by atoms with Gasteiger partial charge in [0, 0.05) is 20.1 Å². The molecule has 3 rings (SSSR count). The number of rotatable bonds is 5. The van der Waals surface area contributed by atoms with E-state index in [1.807, 2.05) is 0 Å². The molecular weight excluding hydrogens is 324 g/mol. The van der Waals surface area contributed by atoms with Crippen LogP contribution < -0.4 is 15.2 Å². The van der Waals surface area contributed by atoms with Crippen LogP contribution in [0.5, 0.6) is 11.5 Å². The number of aliphatic imine (C=N–C) groups is 1. The van der Waals surface area contributed by atoms with Crippen LogP contribution in [0.25, 0.3) is 0 Å². The third-order valence-corrected chi connectivity index (χ3v) is 5.22. The summed E-state index contributed by atoms with van der Waals surface area (Å²) >= 11 is 0. The van der Waals surface area contributed by atoms with E-state index in [1.54, 1.807) is 18.2 Å². The first-order chi connectivity index (χ1) is 12.0. The SMILES string of the molecule is COc1ccc([C@@H]2[C@@]3(C#N)C(N)=NC(OC)(OC)[C@@]23C#N)cc1OC. The summed E-state index contributed by atoms with van der Waals surface area (Å²) in [4.78, 5) is 4.17. The van der Waals surface area contributed by atoms with Crippen molar-refractivity contribution in [2.24, 2.45) is 21.6 Å². The Morgan fingerprint density at radius 3 is 2.16 bits per heavy atom. The molecule has 8 nitrogen and oxygen atoms in total. The highest BCUT2D eigenvalue weighted by Gasteiger charge is 2.93. The number of hydrogen-bond acceptors (Lipinski definition) is 8. The molecule has 0 saturated heterocycles. The van der Waals surface area contributed by atoms with E-state index in [-0.39, 0.29) is 5.84 Å². The molecule has 1 aliphatic carbocycles. The standard InChI is InChI=1S/C17H18N4O4/c1-22-11-6-5-10(7-12(11)23-2)13-15(8-18)14(20)21-17(24-3,25-4)16(13,15)9-19/h5-7,13H,1-4H3,(H2,20,21)/t13-,15+,16+/m1/s1. The van der Waals surface area contributed by atoms with Gasteiger partial charge in [-0.1, -0.05) is 6.07 Å². The van der Waals surface area contributed by atoms with Gasteiger partial charge in [-0.05, 0) is 17.7 Å². The number of amidine groups is 1. The van der Waals surface area contributed by atoms with Crippen molar-refractivity contribution in [3.8, 4) is 23.6 Å². The second-order valence-corrected chi connectivity index (χ2v) is 5.87. The van der Waals surface area contributed by atoms with Gasteiger partial charge in [-0.2, -0.15) is 10.5 Å². The first-order valence-electron chi connectivity index (χ1n) is 7.49. The van der Waals surface area contributed by atoms with E-state index in [9.17, 15) is 10.5 Å². The van der Waals surface area contributed by atoms with Crippen LogP contribution in [0.1, 0.15) is 11.5 Å². The number of ether oxygens (including phenoxy) is 4. The van der Waals surface area contributed by atoms with Crippen molar-refractivity contribution in [3.63, 3.8) is 0 Å². The third kappa shape index (κ3) is 1.63. The lowest BCUT2D eigenvalue weighted by Crippen LogP contribution is -2.41. The van der Waals surface area contributed by atoms with Gasteiger partial charge in [0.1, 0.15) is 11.3 Å². The van der Waals surface area contributed by atoms with E-state index in [2.05, 4.69) is 17.1 Å². The van der Waals surface area contributed by atoms with Crippen molar-refractivity contribution in [2.45, 2.75) is 11.8 Å². The van der Waals surface area contributed by atoms with E-state index in [0.717, 1.165) is 0 Å². The predicted octanol–water partition coefficient (Wildman–Crippen LogP) is 1.14. The molecule has 2 aliphatic rings. The van der Waals surface area contributed by atoms with Crippen molar-refractivity contribution >= 4 is 5.84 Å². The molecule has 1 saturated carbocycles. The molecule has 1 aliphatic heterocycles. The quantitative estimate of drug-likeness (QED) is 0.796. The van der Waals surface area contributed by atoms with Crippen LogP contribution in [0.4, 0.5) is 0 Å². The van der Waals surface area contributed by atoms with Gasteiger partial charge in [0.15, 0.2) is 16.9 Å². The van der Waals surface area contributed by atoms with E-state index >= 15 is 0 Å². The van der Waals surface area contributed by atoms with Crippen molar-refractivity contribution in [3.05, 3.63) is 23.8 Å². The van der Waals surface area contributed by atoms with Crippen LogP contribution in [-0.4, -0.2) is 40.2 Å². The zero-order valence-corrected chi connectivity index (χ0v) is 14.4. The highest BCUT2D eigenvalue weighted by molar-refractivity contribution is 6.00. The molecule has 0 aromatic heterocycles. The fourth-order valence-electron chi connectivity index (χ4n) is 4.05. The molecule has 2 N–H and O–H groups in total. The van der Waals surface area contributed by atoms with Crippen molar-refractivity contribution in [1.29, 1.82) is 10.5 Å². The number of nitrogens with zero attached hydrogens (tertiary/aromatic N) is 3. The number of hydrogen-bond donors (Lipinski definition) is 1. The fourth-order valence-corrected chi connectivity index (χ4v) is 4.05. The summed E-state index contributed by atoms with van der Waals surface area (Å²) in [6.07, 6.45) is 0. The molecule has 0 amide bonds. The van der Waals surface area contributed by atoms with Gasteiger partial charge in [0.05, 0.1) is 26.4 Å². The van der Waals surface area contributed by atoms with E-state index < -0.39 is 22.7 Å². The van der Waals surface area contributed by atoms with E-state index in [0.29, 0.717) is 17.1 Å². The van der Waals surface area contributed by atoms with Gasteiger partial charge in [-0.25, -0.2) is 4.99 Å². The molecule has 3 atom stereocenters. The minimum atomic E-state index is -1.64. The molecule has 1 heterocycles. The van der Waals surface area contributed by atoms with Crippen LogP contribution in [0, 0.1) is 33.5 Å². The Bertz CT molecular complexity index is 836. The number of nitriles is 2. The number of methoxy groups -OCH3 is 4. The summed E-state index contributed by atoms with van der Waals surface area (Å²) in [5, 5.41) is 19.9. The molecule has 1 aromatic carbocycles. The smallest absolute Gasteiger partial charge is 0.292 e. The maximum atomic E-state index is 9.99. The van der Waals surface area contributed by atoms with E-state index in [4.69, 9.17) is 24.7 Å². The third-order valence-electron chi connectivity index (χ3n) is 5.22. The van der Waals surface area contributed by atoms with Crippen LogP contribution in [0.15, 0.2) is 23.2 Å². The van der Waals surface area contributed by atoms with Crippen molar-refractivity contribution in [1.82, 2.24) is 0 Å². The summed E-state index contributed by atoms with van der Waals surface area (Å²) in [5.41, 5.74) is 4.05. The second kappa shape index (κ2) is 5.35. The lowest BCUT2D eigenvalue weighted by Gasteiger charge is -2.29. The van der Waals surface area contributed by atoms with Crippen LogP contribution in [0.2, 0.25) is 0 Å². The minimum Gasteiger partial charge on any atom is -0.493 e. The van der Waals surface area contributed by atoms with Crippen molar-refractivity contribution < 1.29 is 18.9 Å². The minimum absolute atomic E-state index is 0.0278. The molecule has 0 spiro atoms. The Morgan fingerprint density at radius 2 is 1.68 bits per heavy atom. The maximum Gasteiger partial charge on any atom is 0.292 e. The lowest BCUT2D eigenvalue weighted by molar-refractivity contribution is -0.230. The Labute approximate surface area is 145 Å². The molecule has 25 heavy (non-hydrogen) atoms. The van der Waals surface area contributed by atoms with Crippen LogP contribution in [0.3, 0.4) is 0 Å². The number of nitrogens with two attached hydrogens (primary N) is 1. The van der Waals surface area contributed by atoms with E-state index in [1.165, 1.54) is 28.4 Å². The Balaban J connectivity index is 2.21. The molecule has 0 radical (unpaired) electrons. The average Bonchev–Trinajstić information content (AvgIpc) is 3.23. The van der Waals surface area contributed by atoms with Crippen LogP contribution >= 0.6 is 0 Å². The largest absolute Gasteiger partial charge is 0.493 e. The predicted molar refractivity (Wildman–Crippen MR) is 86.8 cm³/mol. The summed E-state index contributed by atoms with van der Waals surface area (Å²) in [6.45, 7) is 0. The number of fused-ring (bicyclic) bond motifs is 1. The lowest BCUT2D eigenvalue weighted by atomic mass is 9.93. The summed E-state index contributed by atoms with van der Waals surface area (Å²) in [5.74, 6) is -1.16. The van der Waals surface area contributed by atoms with Gasteiger partial charge in [0.25, 0.3) is 5.91 Å². The monoisotopic (exact) mass is 342 g/mol. The molecule has 8 heteroatoms. The summed E-state index contributed by atoms with van der Waals surface area (Å²) in [6, 6.07) is 9.60. The normalized spacial score (nSPS) is 31.3. The number of benzene rings is 1. The Morgan fingerprint density at radius 1 is 1.04 bits per heavy atom. The average molecular weight is 342 g/mol. The van der Waals surface area contributed by atoms with Gasteiger partial charge in [-0.15, -0.1) is 0 Å². The zero-order valence-electron chi connectivity index (χ0n) is 14.4. The Kier molecular flexibility index (Phi) is 3.64. The zero-order chi connectivity index (χ0) is 18.5. The molecule has 130 valence electrons. The molecular formula is C17H18N4O4. The highest BCUT2D eigenvalue weighted by Crippen LogP contribution is 2.81. The fraction of sp³-hybridized carbons (Fsp3) is 0.471. The molecule has 1 fully saturated rings. The maximum absolute atomic E-state index is 9.99. The van der Waals surface area contributed by atoms with Gasteiger partial charge in [-0.3, -0.25) is 0 Å². The van der Waals surface area contributed by atoms with Gasteiger partial charge in [0.2, 0.25) is 0 Å². The Hall–Kier alpha value is -2.81. The van der Waals surface area contributed by atoms with Gasteiger partial charge >= 0.3 is 0 Å². The van der Waals surface area contributed by atoms with Gasteiger partial charge < -0.3 is 24.7 Å². The van der Waals surface area contributed by atoms with Crippen molar-refractivity contribution in [2.75, 3.05) is 28.4 Å². The first-order valence-corrected chi connectivity index (χ1v) is 7.49. The molecule has 0 unspecified atom stereocenters. The molecule has 0 bridgehead atoms. The second-order valence-electron chi connectivity index (χ2n) is 5.87. The highest BCUT2D eigenvalue weighted by atomic mass is 16.7. The van der Waals surface area contributed by atoms with Crippen LogP contribution in [-0.2, 0) is 9.47 Å². The summed E-state index contributed by atoms with van der Waals surface area (Å²) < 4.78 is 21.4. The molecule has 1 aromatic rings.